The number of hydrogen-bond acceptors (Lipinski definition) is 18. The highest BCUT2D eigenvalue weighted by Gasteiger charge is 2.28. The zero-order chi connectivity index (χ0) is 73.9. The Morgan fingerprint density at radius 3 is 1.52 bits per heavy atom. The largest absolute Gasteiger partial charge is 0.444 e. The molecule has 9 aromatic rings. The number of aliphatic hydroxyl groups is 1. The van der Waals surface area contributed by atoms with Gasteiger partial charge < -0.3 is 36.3 Å². The molecule has 0 atom stereocenters. The Kier molecular flexibility index (Phi) is 32.7. The first-order chi connectivity index (χ1) is 48.6. The lowest BCUT2D eigenvalue weighted by Crippen LogP contribution is -2.37. The number of nitrogens with one attached hydrogen (secondary N) is 4. The molecule has 2 saturated carbocycles. The van der Waals surface area contributed by atoms with Crippen LogP contribution < -0.4 is 31.9 Å². The summed E-state index contributed by atoms with van der Waals surface area (Å²) in [5.74, 6) is -1.52. The molecule has 0 saturated heterocycles. The van der Waals surface area contributed by atoms with Crippen molar-refractivity contribution in [1.82, 2.24) is 40.5 Å². The Bertz CT molecular complexity index is 4040. The number of amides is 2. The van der Waals surface area contributed by atoms with Gasteiger partial charge in [-0.2, -0.15) is 8.78 Å². The molecule has 2 aliphatic rings. The quantitative estimate of drug-likeness (QED) is 0.0327. The van der Waals surface area contributed by atoms with E-state index >= 15 is 0 Å². The molecule has 102 heavy (non-hydrogen) atoms. The molecule has 6 aromatic heterocycles. The van der Waals surface area contributed by atoms with Crippen LogP contribution in [0.25, 0.3) is 33.8 Å². The van der Waals surface area contributed by atoms with Crippen molar-refractivity contribution in [3.05, 3.63) is 193 Å². The molecule has 28 heteroatoms. The summed E-state index contributed by atoms with van der Waals surface area (Å²) in [4.78, 5) is 50.7. The third-order valence-electron chi connectivity index (χ3n) is 15.5. The summed E-state index contributed by atoms with van der Waals surface area (Å²) in [7, 11) is 0. The Labute approximate surface area is 620 Å². The lowest BCUT2D eigenvalue weighted by molar-refractivity contribution is 0.0575. The third-order valence-corrected chi connectivity index (χ3v) is 18.9. The van der Waals surface area contributed by atoms with Crippen LogP contribution in [0.4, 0.5) is 46.9 Å². The zero-order valence-corrected chi connectivity index (χ0v) is 63.0. The smallest absolute Gasteiger partial charge is 0.416 e. The van der Waals surface area contributed by atoms with Crippen molar-refractivity contribution in [3.63, 3.8) is 0 Å². The molecule has 2 fully saturated rings. The highest BCUT2D eigenvalue weighted by Crippen LogP contribution is 2.36. The third kappa shape index (κ3) is 28.4. The second-order valence-corrected chi connectivity index (χ2v) is 30.0. The fourth-order valence-electron chi connectivity index (χ4n) is 10.4. The molecule has 0 bridgehead atoms. The first-order valence-electron chi connectivity index (χ1n) is 33.6. The summed E-state index contributed by atoms with van der Waals surface area (Å²) in [6.45, 7) is 18.0. The Morgan fingerprint density at radius 2 is 1.02 bits per heavy atom. The van der Waals surface area contributed by atoms with Crippen LogP contribution in [0.2, 0.25) is 15.1 Å². The van der Waals surface area contributed by atoms with Crippen LogP contribution in [0.15, 0.2) is 126 Å². The van der Waals surface area contributed by atoms with Crippen LogP contribution in [0.5, 0.6) is 0 Å². The fourth-order valence-corrected chi connectivity index (χ4v) is 13.2. The molecule has 548 valence electrons. The second-order valence-electron chi connectivity index (χ2n) is 26.2. The summed E-state index contributed by atoms with van der Waals surface area (Å²) in [5.41, 5.74) is 11.4. The number of aromatic nitrogens is 6. The zero-order valence-electron chi connectivity index (χ0n) is 58.3. The van der Waals surface area contributed by atoms with Crippen molar-refractivity contribution in [2.24, 2.45) is 11.7 Å². The van der Waals surface area contributed by atoms with Gasteiger partial charge in [0.25, 0.3) is 0 Å². The second kappa shape index (κ2) is 40.7. The van der Waals surface area contributed by atoms with Crippen LogP contribution in [-0.4, -0.2) is 89.6 Å². The molecular formula is C74H88Cl3F5N12O5S3. The maximum atomic E-state index is 13.5. The molecule has 17 nitrogen and oxygen atoms in total. The number of carbonyl (C=O) groups excluding carboxylic acids is 2. The lowest BCUT2D eigenvalue weighted by Gasteiger charge is -2.29. The number of nitrogens with two attached hydrogens (primary N) is 1. The van der Waals surface area contributed by atoms with E-state index in [4.69, 9.17) is 60.1 Å². The highest BCUT2D eigenvalue weighted by atomic mass is 35.5. The number of benzene rings is 3. The van der Waals surface area contributed by atoms with E-state index in [0.717, 1.165) is 52.2 Å². The van der Waals surface area contributed by atoms with Gasteiger partial charge in [0.05, 0.1) is 45.3 Å². The van der Waals surface area contributed by atoms with Crippen LogP contribution in [-0.2, 0) is 35.6 Å². The van der Waals surface area contributed by atoms with Crippen molar-refractivity contribution in [2.75, 3.05) is 28.6 Å². The maximum absolute atomic E-state index is 13.5. The van der Waals surface area contributed by atoms with Crippen molar-refractivity contribution < 1.29 is 46.1 Å². The molecule has 7 N–H and O–H groups in total. The number of aliphatic hydroxyl groups excluding tert-OH is 1. The number of pyridine rings is 3. The number of rotatable bonds is 19. The predicted octanol–water partition coefficient (Wildman–Crippen LogP) is 19.7. The predicted molar refractivity (Wildman–Crippen MR) is 402 cm³/mol. The van der Waals surface area contributed by atoms with Crippen molar-refractivity contribution >= 4 is 96.4 Å². The summed E-state index contributed by atoms with van der Waals surface area (Å²) in [6.07, 6.45) is 16.4. The average molecular weight is 1520 g/mol. The van der Waals surface area contributed by atoms with Gasteiger partial charge in [-0.1, -0.05) is 85.0 Å². The van der Waals surface area contributed by atoms with E-state index in [2.05, 4.69) is 66.1 Å². The first kappa shape index (κ1) is 82.0. The number of ether oxygens (including phenoxy) is 2. The van der Waals surface area contributed by atoms with Crippen LogP contribution in [0, 0.1) is 35.3 Å². The Morgan fingerprint density at radius 1 is 0.578 bits per heavy atom. The van der Waals surface area contributed by atoms with Gasteiger partial charge in [-0.15, -0.1) is 34.0 Å². The average Bonchev–Trinajstić information content (AvgIpc) is 1.65. The first-order valence-corrected chi connectivity index (χ1v) is 37.3. The minimum Gasteiger partial charge on any atom is -0.444 e. The van der Waals surface area contributed by atoms with Crippen LogP contribution in [0.3, 0.4) is 0 Å². The molecule has 0 radical (unpaired) electrons. The number of thiazole rings is 3. The minimum atomic E-state index is -0.713. The van der Waals surface area contributed by atoms with Crippen molar-refractivity contribution in [1.29, 1.82) is 0 Å². The van der Waals surface area contributed by atoms with E-state index in [1.165, 1.54) is 159 Å². The molecule has 3 aromatic carbocycles. The summed E-state index contributed by atoms with van der Waals surface area (Å²) < 4.78 is 75.7. The number of nitrogens with zero attached hydrogens (tertiary/aromatic N) is 7. The van der Waals surface area contributed by atoms with Gasteiger partial charge >= 0.3 is 12.2 Å². The maximum Gasteiger partial charge on any atom is 0.416 e. The molecule has 6 heterocycles. The van der Waals surface area contributed by atoms with Gasteiger partial charge in [-0.25, -0.2) is 52.6 Å². The highest BCUT2D eigenvalue weighted by molar-refractivity contribution is 7.14. The van der Waals surface area contributed by atoms with Crippen LogP contribution >= 0.6 is 68.8 Å². The van der Waals surface area contributed by atoms with Gasteiger partial charge in [0.15, 0.2) is 15.4 Å². The molecule has 0 unspecified atom stereocenters. The molecular weight excluding hydrogens is 1430 g/mol. The minimum absolute atomic E-state index is 0.0275. The Hall–Kier alpha value is -7.30. The number of carbonyl (C=O) groups is 2. The van der Waals surface area contributed by atoms with Crippen LogP contribution in [0.1, 0.15) is 142 Å². The van der Waals surface area contributed by atoms with Crippen molar-refractivity contribution in [3.8, 4) is 33.8 Å². The van der Waals surface area contributed by atoms with E-state index < -0.39 is 35.3 Å². The molecule has 0 aliphatic heterocycles. The number of anilines is 3. The molecule has 11 rings (SSSR count). The topological polar surface area (TPSA) is 228 Å². The van der Waals surface area contributed by atoms with Gasteiger partial charge in [0, 0.05) is 93.9 Å². The SMILES string of the molecule is CC(C)(C)OC(=O)N(Cc1ccc(F)cc1)c1nc(-c2cc(F)ncc2Cl)cs1.CC(C)(C)OC(=O)Nc1nc(-c2cc(F)ncc2Cl)cs1.CCCNC1CCC(Cc2cc(-c3csc(NCc4ccc(F)cc4)n3)c(Cl)cn2)CC1.CCCNC1CCC(N)CC1.OCc1ccc(F)cc1. The van der Waals surface area contributed by atoms with Gasteiger partial charge in [0.1, 0.15) is 28.7 Å². The monoisotopic (exact) mass is 1520 g/mol. The molecule has 2 aliphatic carbocycles. The van der Waals surface area contributed by atoms with Gasteiger partial charge in [-0.05, 0) is 190 Å². The van der Waals surface area contributed by atoms with Gasteiger partial charge in [-0.3, -0.25) is 10.3 Å². The molecule has 0 spiro atoms. The number of halogens is 8. The Balaban J connectivity index is 0.000000191. The molecule has 2 amide bonds. The van der Waals surface area contributed by atoms with Gasteiger partial charge in [0.2, 0.25) is 11.9 Å². The van der Waals surface area contributed by atoms with E-state index in [9.17, 15) is 31.5 Å². The van der Waals surface area contributed by atoms with E-state index in [0.29, 0.717) is 67.9 Å². The van der Waals surface area contributed by atoms with E-state index in [-0.39, 0.29) is 40.6 Å². The lowest BCUT2D eigenvalue weighted by atomic mass is 9.83. The number of hydrogen-bond donors (Lipinski definition) is 6. The normalized spacial score (nSPS) is 15.7. The summed E-state index contributed by atoms with van der Waals surface area (Å²) >= 11 is 22.5. The fraction of sp³-hybridized carbons (Fsp3) is 0.405. The van der Waals surface area contributed by atoms with E-state index in [1.54, 1.807) is 106 Å². The summed E-state index contributed by atoms with van der Waals surface area (Å²) in [5, 5.41) is 29.5. The van der Waals surface area contributed by atoms with E-state index in [1.807, 2.05) is 5.38 Å². The summed E-state index contributed by atoms with van der Waals surface area (Å²) in [6, 6.07) is 24.4. The standard InChI is InChI=1S/C25H30ClFN4S.C20H18ClF2N3O2S.C13H13ClFN3O2S.C9H20N2.C7H7FO/c1-2-11-28-20-9-5-17(6-10-20)12-21-13-22(23(26)15-29-21)24-16-32-25(31-24)30-14-18-3-7-19(27)8-4-18;1-20(2,3)28-19(27)26(10-12-4-6-13(22)7-5-12)18-25-16(11-29-18)14-8-17(23)24-9-15(14)21;1-13(2,3)20-12(19)18-11-17-9(6-21-11)7-4-10(15)16-5-8(7)14;1-2-7-11-9-5-3-8(10)4-6-9;8-7-3-1-6(5-9)2-4-7/h3-4,7-8,13,15-17,20,28H,2,5-6,9-12,14H2,1H3,(H,30,31);4-9,11H,10H2,1-3H3;4-6H,1-3H3,(H,17,18,19);8-9,11H,2-7,10H2,1H3;1-4,9H,5H2. The van der Waals surface area contributed by atoms with Crippen molar-refractivity contribution in [2.45, 2.75) is 175 Å².